The predicted molar refractivity (Wildman–Crippen MR) is 138 cm³/mol. The van der Waals surface area contributed by atoms with Gasteiger partial charge in [0.05, 0.1) is 24.1 Å². The lowest BCUT2D eigenvalue weighted by Crippen LogP contribution is -2.23. The van der Waals surface area contributed by atoms with Gasteiger partial charge in [-0.25, -0.2) is 4.98 Å². The predicted octanol–water partition coefficient (Wildman–Crippen LogP) is 6.02. The quantitative estimate of drug-likeness (QED) is 0.279. The second kappa shape index (κ2) is 10.4. The van der Waals surface area contributed by atoms with Gasteiger partial charge in [-0.05, 0) is 50.1 Å². The van der Waals surface area contributed by atoms with E-state index in [0.717, 1.165) is 51.3 Å². The van der Waals surface area contributed by atoms with Crippen LogP contribution >= 0.6 is 23.1 Å². The van der Waals surface area contributed by atoms with Crippen LogP contribution in [0, 0.1) is 13.8 Å². The van der Waals surface area contributed by atoms with E-state index < -0.39 is 0 Å². The molecule has 0 fully saturated rings. The second-order valence-corrected chi connectivity index (χ2v) is 9.51. The average Bonchev–Trinajstić information content (AvgIpc) is 3.47. The maximum Gasteiger partial charge on any atom is 0.230 e. The molecule has 0 N–H and O–H groups in total. The molecule has 2 aromatic carbocycles. The highest BCUT2D eigenvalue weighted by Crippen LogP contribution is 2.35. The van der Waals surface area contributed by atoms with Crippen LogP contribution < -0.4 is 9.64 Å². The van der Waals surface area contributed by atoms with E-state index in [9.17, 15) is 4.79 Å². The number of thiazole rings is 1. The number of amides is 1. The van der Waals surface area contributed by atoms with E-state index in [-0.39, 0.29) is 5.91 Å². The maximum absolute atomic E-state index is 12.5. The molecule has 7 nitrogen and oxygen atoms in total. The highest BCUT2D eigenvalue weighted by Gasteiger charge is 2.21. The molecule has 0 bridgehead atoms. The SMILES string of the molecule is CCn1c(SCc2csc(N(C(C)=O)c3cccc(C)c3C)n2)nnc1-c1ccccc1OC. The van der Waals surface area contributed by atoms with E-state index >= 15 is 0 Å². The van der Waals surface area contributed by atoms with Gasteiger partial charge >= 0.3 is 0 Å². The molecule has 9 heteroatoms. The first kappa shape index (κ1) is 24.0. The van der Waals surface area contributed by atoms with Crippen LogP contribution in [-0.2, 0) is 17.1 Å². The van der Waals surface area contributed by atoms with Gasteiger partial charge in [0.15, 0.2) is 16.1 Å². The molecule has 0 aliphatic carbocycles. The standard InChI is InChI=1S/C25H27N5O2S2/c1-6-29-23(20-11-7-8-13-22(20)32-5)27-28-25(29)34-15-19-14-33-24(26-19)30(18(4)31)21-12-9-10-16(2)17(21)3/h7-14H,6,15H2,1-5H3. The van der Waals surface area contributed by atoms with Crippen LogP contribution in [0.2, 0.25) is 0 Å². The van der Waals surface area contributed by atoms with Gasteiger partial charge < -0.3 is 9.30 Å². The smallest absolute Gasteiger partial charge is 0.230 e. The van der Waals surface area contributed by atoms with E-state index in [2.05, 4.69) is 21.7 Å². The molecule has 4 aromatic rings. The van der Waals surface area contributed by atoms with Crippen LogP contribution in [0.5, 0.6) is 5.75 Å². The van der Waals surface area contributed by atoms with Crippen molar-refractivity contribution in [3.05, 3.63) is 64.7 Å². The Balaban J connectivity index is 1.56. The van der Waals surface area contributed by atoms with E-state index in [0.29, 0.717) is 10.9 Å². The molecule has 0 radical (unpaired) electrons. The van der Waals surface area contributed by atoms with E-state index in [1.165, 1.54) is 11.3 Å². The summed E-state index contributed by atoms with van der Waals surface area (Å²) in [4.78, 5) is 19.0. The lowest BCUT2D eigenvalue weighted by molar-refractivity contribution is -0.115. The summed E-state index contributed by atoms with van der Waals surface area (Å²) in [6.45, 7) is 8.45. The monoisotopic (exact) mass is 493 g/mol. The molecule has 0 aliphatic heterocycles. The Morgan fingerprint density at radius 1 is 1.15 bits per heavy atom. The van der Waals surface area contributed by atoms with Gasteiger partial charge in [-0.15, -0.1) is 21.5 Å². The van der Waals surface area contributed by atoms with E-state index in [4.69, 9.17) is 9.72 Å². The number of hydrogen-bond acceptors (Lipinski definition) is 7. The van der Waals surface area contributed by atoms with Crippen molar-refractivity contribution in [2.75, 3.05) is 12.0 Å². The number of carbonyl (C=O) groups is 1. The summed E-state index contributed by atoms with van der Waals surface area (Å²) in [6, 6.07) is 13.8. The van der Waals surface area contributed by atoms with Gasteiger partial charge in [0.2, 0.25) is 5.91 Å². The molecule has 0 aliphatic rings. The first-order valence-electron chi connectivity index (χ1n) is 10.9. The van der Waals surface area contributed by atoms with Crippen molar-refractivity contribution in [3.8, 4) is 17.1 Å². The van der Waals surface area contributed by atoms with Crippen LogP contribution in [0.3, 0.4) is 0 Å². The van der Waals surface area contributed by atoms with Crippen molar-refractivity contribution in [2.24, 2.45) is 0 Å². The molecule has 176 valence electrons. The van der Waals surface area contributed by atoms with Crippen molar-refractivity contribution in [3.63, 3.8) is 0 Å². The molecule has 0 unspecified atom stereocenters. The number of hydrogen-bond donors (Lipinski definition) is 0. The molecule has 4 rings (SSSR count). The number of thioether (sulfide) groups is 1. The largest absolute Gasteiger partial charge is 0.496 e. The van der Waals surface area contributed by atoms with Gasteiger partial charge in [0, 0.05) is 24.6 Å². The third-order valence-electron chi connectivity index (χ3n) is 5.59. The van der Waals surface area contributed by atoms with Crippen molar-refractivity contribution in [1.29, 1.82) is 0 Å². The van der Waals surface area contributed by atoms with Crippen LogP contribution in [0.15, 0.2) is 53.0 Å². The van der Waals surface area contributed by atoms with Crippen molar-refractivity contribution in [1.82, 2.24) is 19.7 Å². The number of nitrogens with zero attached hydrogens (tertiary/aromatic N) is 5. The number of rotatable bonds is 8. The average molecular weight is 494 g/mol. The lowest BCUT2D eigenvalue weighted by atomic mass is 10.1. The van der Waals surface area contributed by atoms with Gasteiger partial charge in [0.1, 0.15) is 5.75 Å². The van der Waals surface area contributed by atoms with Crippen LogP contribution in [-0.4, -0.2) is 32.8 Å². The zero-order valence-corrected chi connectivity index (χ0v) is 21.5. The molecular formula is C25H27N5O2S2. The Bertz CT molecular complexity index is 1310. The van der Waals surface area contributed by atoms with Crippen LogP contribution in [0.1, 0.15) is 30.7 Å². The Kier molecular flexibility index (Phi) is 7.33. The Morgan fingerprint density at radius 3 is 2.68 bits per heavy atom. The molecule has 34 heavy (non-hydrogen) atoms. The molecule has 0 saturated carbocycles. The summed E-state index contributed by atoms with van der Waals surface area (Å²) in [5.74, 6) is 2.11. The van der Waals surface area contributed by atoms with Gasteiger partial charge in [-0.3, -0.25) is 9.69 Å². The third kappa shape index (κ3) is 4.71. The first-order chi connectivity index (χ1) is 16.4. The number of anilines is 2. The lowest BCUT2D eigenvalue weighted by Gasteiger charge is -2.21. The minimum atomic E-state index is -0.0607. The van der Waals surface area contributed by atoms with Crippen molar-refractivity contribution < 1.29 is 9.53 Å². The molecular weight excluding hydrogens is 466 g/mol. The number of aromatic nitrogens is 4. The Hall–Kier alpha value is -3.17. The minimum Gasteiger partial charge on any atom is -0.496 e. The highest BCUT2D eigenvalue weighted by molar-refractivity contribution is 7.98. The molecule has 0 atom stereocenters. The van der Waals surface area contributed by atoms with E-state index in [1.54, 1.807) is 30.7 Å². The topological polar surface area (TPSA) is 73.1 Å². The fourth-order valence-corrected chi connectivity index (χ4v) is 5.58. The summed E-state index contributed by atoms with van der Waals surface area (Å²) in [5.41, 5.74) is 4.89. The molecule has 2 heterocycles. The third-order valence-corrected chi connectivity index (χ3v) is 7.47. The zero-order valence-electron chi connectivity index (χ0n) is 19.9. The molecule has 1 amide bonds. The number of methoxy groups -OCH3 is 1. The Labute approximate surface area is 207 Å². The second-order valence-electron chi connectivity index (χ2n) is 7.73. The molecule has 0 spiro atoms. The molecule has 2 aromatic heterocycles. The normalized spacial score (nSPS) is 11.0. The summed E-state index contributed by atoms with van der Waals surface area (Å²) in [6.07, 6.45) is 0. The Morgan fingerprint density at radius 2 is 1.94 bits per heavy atom. The fourth-order valence-electron chi connectivity index (χ4n) is 3.70. The first-order valence-corrected chi connectivity index (χ1v) is 12.8. The number of carbonyl (C=O) groups excluding carboxylic acids is 1. The summed E-state index contributed by atoms with van der Waals surface area (Å²) in [5, 5.41) is 12.3. The van der Waals surface area contributed by atoms with Gasteiger partial charge in [0.25, 0.3) is 0 Å². The van der Waals surface area contributed by atoms with Gasteiger partial charge in [-0.2, -0.15) is 0 Å². The number of benzene rings is 2. The maximum atomic E-state index is 12.5. The summed E-state index contributed by atoms with van der Waals surface area (Å²) < 4.78 is 7.58. The van der Waals surface area contributed by atoms with Gasteiger partial charge in [-0.1, -0.05) is 36.0 Å². The summed E-state index contributed by atoms with van der Waals surface area (Å²) in [7, 11) is 1.66. The summed E-state index contributed by atoms with van der Waals surface area (Å²) >= 11 is 3.05. The zero-order chi connectivity index (χ0) is 24.2. The van der Waals surface area contributed by atoms with E-state index in [1.807, 2.05) is 61.7 Å². The van der Waals surface area contributed by atoms with Crippen molar-refractivity contribution in [2.45, 2.75) is 45.1 Å². The van der Waals surface area contributed by atoms with Crippen LogP contribution in [0.4, 0.5) is 10.8 Å². The highest BCUT2D eigenvalue weighted by atomic mass is 32.2. The number of ether oxygens (including phenoxy) is 1. The number of aryl methyl sites for hydroxylation is 1. The fraction of sp³-hybridized carbons (Fsp3) is 0.280. The minimum absolute atomic E-state index is 0.0607. The van der Waals surface area contributed by atoms with Crippen LogP contribution in [0.25, 0.3) is 11.4 Å². The number of para-hydroxylation sites is 1. The molecule has 0 saturated heterocycles. The van der Waals surface area contributed by atoms with Crippen molar-refractivity contribution >= 4 is 39.8 Å².